The summed E-state index contributed by atoms with van der Waals surface area (Å²) in [6.07, 6.45) is 4.92. The van der Waals surface area contributed by atoms with E-state index in [1.165, 1.54) is 5.56 Å². The average Bonchev–Trinajstić information content (AvgIpc) is 3.00. The van der Waals surface area contributed by atoms with Crippen LogP contribution in [-0.2, 0) is 4.79 Å². The molecule has 2 aromatic rings. The van der Waals surface area contributed by atoms with Gasteiger partial charge in [-0.25, -0.2) is 0 Å². The highest BCUT2D eigenvalue weighted by Gasteiger charge is 2.21. The van der Waals surface area contributed by atoms with Crippen LogP contribution in [0.25, 0.3) is 6.08 Å². The molecule has 23 heavy (non-hydrogen) atoms. The Labute approximate surface area is 136 Å². The van der Waals surface area contributed by atoms with E-state index in [0.29, 0.717) is 12.0 Å². The van der Waals surface area contributed by atoms with Crippen LogP contribution in [0.2, 0.25) is 0 Å². The highest BCUT2D eigenvalue weighted by Crippen LogP contribution is 2.21. The number of ketones is 1. The van der Waals surface area contributed by atoms with Crippen LogP contribution < -0.4 is 4.90 Å². The minimum atomic E-state index is -0.0372. The number of benzene rings is 2. The van der Waals surface area contributed by atoms with Gasteiger partial charge < -0.3 is 4.90 Å². The second-order valence-electron chi connectivity index (χ2n) is 5.80. The molecule has 3 rings (SSSR count). The second kappa shape index (κ2) is 6.61. The summed E-state index contributed by atoms with van der Waals surface area (Å²) >= 11 is 0. The first-order valence-corrected chi connectivity index (χ1v) is 7.83. The molecule has 0 unspecified atom stereocenters. The largest absolute Gasteiger partial charge is 0.312 e. The number of amides is 1. The van der Waals surface area contributed by atoms with E-state index < -0.39 is 0 Å². The number of carbonyl (C=O) groups excluding carboxylic acids is 2. The molecule has 0 radical (unpaired) electrons. The van der Waals surface area contributed by atoms with E-state index in [4.69, 9.17) is 0 Å². The van der Waals surface area contributed by atoms with Crippen molar-refractivity contribution in [3.8, 4) is 0 Å². The quantitative estimate of drug-likeness (QED) is 0.632. The lowest BCUT2D eigenvalue weighted by Crippen LogP contribution is -2.23. The van der Waals surface area contributed by atoms with E-state index in [1.54, 1.807) is 23.1 Å². The summed E-state index contributed by atoms with van der Waals surface area (Å²) in [4.78, 5) is 25.7. The molecule has 1 saturated heterocycles. The zero-order chi connectivity index (χ0) is 16.2. The third-order valence-corrected chi connectivity index (χ3v) is 4.04. The lowest BCUT2D eigenvalue weighted by atomic mass is 10.1. The van der Waals surface area contributed by atoms with E-state index in [1.807, 2.05) is 49.4 Å². The van der Waals surface area contributed by atoms with Crippen LogP contribution in [0.5, 0.6) is 0 Å². The van der Waals surface area contributed by atoms with Crippen molar-refractivity contribution >= 4 is 23.5 Å². The molecule has 1 heterocycles. The molecular weight excluding hydrogens is 286 g/mol. The minimum absolute atomic E-state index is 0.0372. The summed E-state index contributed by atoms with van der Waals surface area (Å²) in [6, 6.07) is 15.3. The Morgan fingerprint density at radius 3 is 2.35 bits per heavy atom. The highest BCUT2D eigenvalue weighted by molar-refractivity contribution is 6.07. The van der Waals surface area contributed by atoms with Gasteiger partial charge in [0.1, 0.15) is 0 Å². The molecule has 1 amide bonds. The molecule has 1 aliphatic heterocycles. The first kappa shape index (κ1) is 15.2. The van der Waals surface area contributed by atoms with Gasteiger partial charge in [0.05, 0.1) is 0 Å². The van der Waals surface area contributed by atoms with Gasteiger partial charge >= 0.3 is 0 Å². The molecule has 0 aromatic heterocycles. The van der Waals surface area contributed by atoms with Crippen LogP contribution in [0.4, 0.5) is 5.69 Å². The molecule has 0 saturated carbocycles. The Hall–Kier alpha value is -2.68. The molecule has 116 valence electrons. The van der Waals surface area contributed by atoms with Crippen LogP contribution in [0, 0.1) is 6.92 Å². The monoisotopic (exact) mass is 305 g/mol. The minimum Gasteiger partial charge on any atom is -0.312 e. The molecule has 2 aromatic carbocycles. The molecule has 0 spiro atoms. The normalized spacial score (nSPS) is 14.7. The predicted molar refractivity (Wildman–Crippen MR) is 92.6 cm³/mol. The summed E-state index contributed by atoms with van der Waals surface area (Å²) < 4.78 is 0. The van der Waals surface area contributed by atoms with Crippen molar-refractivity contribution in [2.24, 2.45) is 0 Å². The lowest BCUT2D eigenvalue weighted by Gasteiger charge is -2.15. The van der Waals surface area contributed by atoms with Gasteiger partial charge in [0, 0.05) is 24.2 Å². The number of anilines is 1. The Balaban J connectivity index is 1.70. The van der Waals surface area contributed by atoms with E-state index in [9.17, 15) is 9.59 Å². The lowest BCUT2D eigenvalue weighted by molar-refractivity contribution is -0.117. The number of hydrogen-bond acceptors (Lipinski definition) is 2. The van der Waals surface area contributed by atoms with E-state index in [2.05, 4.69) is 0 Å². The number of rotatable bonds is 4. The Kier molecular flexibility index (Phi) is 4.38. The number of nitrogens with zero attached hydrogens (tertiary/aromatic N) is 1. The summed E-state index contributed by atoms with van der Waals surface area (Å²) in [7, 11) is 0. The molecule has 0 aliphatic carbocycles. The predicted octanol–water partition coefficient (Wildman–Crippen LogP) is 4.02. The molecule has 0 bridgehead atoms. The fraction of sp³-hybridized carbons (Fsp3) is 0.200. The van der Waals surface area contributed by atoms with Crippen molar-refractivity contribution in [2.75, 3.05) is 11.4 Å². The maximum Gasteiger partial charge on any atom is 0.227 e. The summed E-state index contributed by atoms with van der Waals surface area (Å²) in [6.45, 7) is 2.80. The Bertz CT molecular complexity index is 742. The third-order valence-electron chi connectivity index (χ3n) is 4.04. The zero-order valence-corrected chi connectivity index (χ0v) is 13.2. The molecule has 1 fully saturated rings. The average molecular weight is 305 g/mol. The van der Waals surface area contributed by atoms with Crippen LogP contribution in [-0.4, -0.2) is 18.2 Å². The summed E-state index contributed by atoms with van der Waals surface area (Å²) in [5, 5.41) is 0. The first-order valence-electron chi connectivity index (χ1n) is 7.83. The van der Waals surface area contributed by atoms with Crippen LogP contribution in [0.3, 0.4) is 0 Å². The van der Waals surface area contributed by atoms with Gasteiger partial charge in [0.25, 0.3) is 0 Å². The molecular formula is C20H19NO2. The Morgan fingerprint density at radius 1 is 1.04 bits per heavy atom. The van der Waals surface area contributed by atoms with E-state index in [-0.39, 0.29) is 11.7 Å². The van der Waals surface area contributed by atoms with Crippen molar-refractivity contribution in [2.45, 2.75) is 19.8 Å². The molecule has 3 nitrogen and oxygen atoms in total. The smallest absolute Gasteiger partial charge is 0.227 e. The van der Waals surface area contributed by atoms with Gasteiger partial charge in [-0.3, -0.25) is 9.59 Å². The van der Waals surface area contributed by atoms with Crippen LogP contribution >= 0.6 is 0 Å². The van der Waals surface area contributed by atoms with Gasteiger partial charge in [-0.2, -0.15) is 0 Å². The van der Waals surface area contributed by atoms with Crippen molar-refractivity contribution in [3.63, 3.8) is 0 Å². The maximum atomic E-state index is 12.2. The van der Waals surface area contributed by atoms with Crippen molar-refractivity contribution in [3.05, 3.63) is 71.3 Å². The van der Waals surface area contributed by atoms with Crippen molar-refractivity contribution in [1.82, 2.24) is 0 Å². The fourth-order valence-corrected chi connectivity index (χ4v) is 2.67. The second-order valence-corrected chi connectivity index (χ2v) is 5.80. The SMILES string of the molecule is Cc1ccc(/C=C/C(=O)c2ccc(N3CCCC3=O)cc2)cc1. The van der Waals surface area contributed by atoms with Gasteiger partial charge in [0.15, 0.2) is 5.78 Å². The third kappa shape index (κ3) is 3.57. The van der Waals surface area contributed by atoms with Gasteiger partial charge in [-0.05, 0) is 49.2 Å². The fourth-order valence-electron chi connectivity index (χ4n) is 2.67. The Morgan fingerprint density at radius 2 is 1.74 bits per heavy atom. The standard InChI is InChI=1S/C20H19NO2/c1-15-4-6-16(7-5-15)8-13-19(22)17-9-11-18(12-10-17)21-14-2-3-20(21)23/h4-13H,2-3,14H2,1H3/b13-8+. The van der Waals surface area contributed by atoms with E-state index in [0.717, 1.165) is 24.2 Å². The summed E-state index contributed by atoms with van der Waals surface area (Å²) in [5.41, 5.74) is 3.69. The van der Waals surface area contributed by atoms with Gasteiger partial charge in [-0.15, -0.1) is 0 Å². The topological polar surface area (TPSA) is 37.4 Å². The van der Waals surface area contributed by atoms with Crippen LogP contribution in [0.15, 0.2) is 54.6 Å². The zero-order valence-electron chi connectivity index (χ0n) is 13.2. The van der Waals surface area contributed by atoms with Gasteiger partial charge in [-0.1, -0.05) is 35.9 Å². The number of carbonyl (C=O) groups is 2. The molecule has 3 heteroatoms. The summed E-state index contributed by atoms with van der Waals surface area (Å²) in [5.74, 6) is 0.119. The number of hydrogen-bond donors (Lipinski definition) is 0. The van der Waals surface area contributed by atoms with E-state index >= 15 is 0 Å². The highest BCUT2D eigenvalue weighted by atomic mass is 16.2. The first-order chi connectivity index (χ1) is 11.1. The van der Waals surface area contributed by atoms with Crippen molar-refractivity contribution < 1.29 is 9.59 Å². The van der Waals surface area contributed by atoms with Gasteiger partial charge in [0.2, 0.25) is 5.91 Å². The molecule has 0 N–H and O–H groups in total. The maximum absolute atomic E-state index is 12.2. The molecule has 1 aliphatic rings. The van der Waals surface area contributed by atoms with Crippen molar-refractivity contribution in [1.29, 1.82) is 0 Å². The van der Waals surface area contributed by atoms with Crippen LogP contribution in [0.1, 0.15) is 34.3 Å². The molecule has 0 atom stereocenters. The number of aryl methyl sites for hydroxylation is 1. The number of allylic oxidation sites excluding steroid dienone is 1.